The number of carbonyl (C=O) groups is 3. The van der Waals surface area contributed by atoms with Crippen molar-refractivity contribution in [2.75, 3.05) is 0 Å². The summed E-state index contributed by atoms with van der Waals surface area (Å²) in [5.41, 5.74) is -2.17. The van der Waals surface area contributed by atoms with Crippen molar-refractivity contribution in [2.45, 2.75) is 45.3 Å². The minimum atomic E-state index is -1.47. The quantitative estimate of drug-likeness (QED) is 0.689. The molecule has 1 aliphatic rings. The highest BCUT2D eigenvalue weighted by Crippen LogP contribution is 2.49. The summed E-state index contributed by atoms with van der Waals surface area (Å²) < 4.78 is 4.91. The first-order valence-electron chi connectivity index (χ1n) is 5.54. The lowest BCUT2D eigenvalue weighted by molar-refractivity contribution is -0.152. The summed E-state index contributed by atoms with van der Waals surface area (Å²) in [5, 5.41) is 20.1. The summed E-state index contributed by atoms with van der Waals surface area (Å²) in [6.45, 7) is 4.89. The van der Waals surface area contributed by atoms with E-state index >= 15 is 0 Å². The van der Waals surface area contributed by atoms with Crippen molar-refractivity contribution < 1.29 is 29.3 Å². The van der Waals surface area contributed by atoms with Gasteiger partial charge in [-0.25, -0.2) is 9.59 Å². The molecule has 7 nitrogen and oxygen atoms in total. The Hall–Kier alpha value is -1.79. The SMILES string of the molecule is CC(C)(C)OC(=O)N[C@@H](C(=O)O)C1(C(=O)O)CC1. The van der Waals surface area contributed by atoms with Crippen molar-refractivity contribution in [1.82, 2.24) is 5.32 Å². The van der Waals surface area contributed by atoms with Gasteiger partial charge in [-0.2, -0.15) is 0 Å². The molecule has 0 radical (unpaired) electrons. The van der Waals surface area contributed by atoms with Crippen LogP contribution < -0.4 is 5.32 Å². The lowest BCUT2D eigenvalue weighted by atomic mass is 9.97. The van der Waals surface area contributed by atoms with Gasteiger partial charge in [0.25, 0.3) is 0 Å². The van der Waals surface area contributed by atoms with E-state index in [9.17, 15) is 14.4 Å². The van der Waals surface area contributed by atoms with Crippen LogP contribution in [0.2, 0.25) is 0 Å². The molecule has 0 aromatic rings. The van der Waals surface area contributed by atoms with Gasteiger partial charge in [0.2, 0.25) is 0 Å². The van der Waals surface area contributed by atoms with E-state index < -0.39 is 35.1 Å². The largest absolute Gasteiger partial charge is 0.481 e. The minimum Gasteiger partial charge on any atom is -0.481 e. The second-order valence-electron chi connectivity index (χ2n) is 5.38. The molecule has 18 heavy (non-hydrogen) atoms. The van der Waals surface area contributed by atoms with Crippen LogP contribution in [0.4, 0.5) is 4.79 Å². The van der Waals surface area contributed by atoms with Crippen LogP contribution in [0.25, 0.3) is 0 Å². The predicted octanol–water partition coefficient (Wildman–Crippen LogP) is 0.829. The first kappa shape index (κ1) is 14.3. The Labute approximate surface area is 104 Å². The number of aliphatic carboxylic acids is 2. The molecule has 1 aliphatic carbocycles. The zero-order valence-corrected chi connectivity index (χ0v) is 10.5. The van der Waals surface area contributed by atoms with Gasteiger partial charge in [-0.1, -0.05) is 0 Å². The highest BCUT2D eigenvalue weighted by molar-refractivity contribution is 5.90. The maximum absolute atomic E-state index is 11.5. The lowest BCUT2D eigenvalue weighted by Crippen LogP contribution is -2.51. The van der Waals surface area contributed by atoms with Crippen molar-refractivity contribution in [3.05, 3.63) is 0 Å². The van der Waals surface area contributed by atoms with Gasteiger partial charge in [-0.05, 0) is 33.6 Å². The van der Waals surface area contributed by atoms with E-state index in [0.29, 0.717) is 0 Å². The highest BCUT2D eigenvalue weighted by atomic mass is 16.6. The third kappa shape index (κ3) is 3.12. The number of carbonyl (C=O) groups excluding carboxylic acids is 1. The van der Waals surface area contributed by atoms with Gasteiger partial charge < -0.3 is 20.3 Å². The molecule has 1 amide bonds. The van der Waals surface area contributed by atoms with Gasteiger partial charge in [-0.15, -0.1) is 0 Å². The first-order valence-corrected chi connectivity index (χ1v) is 5.54. The zero-order valence-electron chi connectivity index (χ0n) is 10.5. The van der Waals surface area contributed by atoms with Crippen LogP contribution in [0.15, 0.2) is 0 Å². The fraction of sp³-hybridized carbons (Fsp3) is 0.727. The average molecular weight is 259 g/mol. The van der Waals surface area contributed by atoms with Gasteiger partial charge in [0, 0.05) is 0 Å². The third-order valence-electron chi connectivity index (χ3n) is 2.68. The molecule has 7 heteroatoms. The summed E-state index contributed by atoms with van der Waals surface area (Å²) in [7, 11) is 0. The normalized spacial score (nSPS) is 18.6. The van der Waals surface area contributed by atoms with E-state index in [0.717, 1.165) is 0 Å². The number of hydrogen-bond acceptors (Lipinski definition) is 4. The summed E-state index contributed by atoms with van der Waals surface area (Å²) in [6, 6.07) is -1.47. The smallest absolute Gasteiger partial charge is 0.408 e. The molecular weight excluding hydrogens is 242 g/mol. The molecule has 0 spiro atoms. The van der Waals surface area contributed by atoms with Crippen molar-refractivity contribution in [1.29, 1.82) is 0 Å². The number of amides is 1. The van der Waals surface area contributed by atoms with Gasteiger partial charge in [0.1, 0.15) is 11.6 Å². The second-order valence-corrected chi connectivity index (χ2v) is 5.38. The Kier molecular flexibility index (Phi) is 3.54. The molecule has 0 bridgehead atoms. The fourth-order valence-corrected chi connectivity index (χ4v) is 1.62. The number of hydrogen-bond donors (Lipinski definition) is 3. The van der Waals surface area contributed by atoms with Gasteiger partial charge in [-0.3, -0.25) is 4.79 Å². The number of ether oxygens (including phenoxy) is 1. The predicted molar refractivity (Wildman–Crippen MR) is 60.1 cm³/mol. The lowest BCUT2D eigenvalue weighted by Gasteiger charge is -2.24. The molecule has 0 aromatic heterocycles. The van der Waals surface area contributed by atoms with E-state index in [1.54, 1.807) is 20.8 Å². The topological polar surface area (TPSA) is 113 Å². The molecule has 0 heterocycles. The average Bonchev–Trinajstić information content (AvgIpc) is 2.91. The Bertz CT molecular complexity index is 379. The third-order valence-corrected chi connectivity index (χ3v) is 2.68. The van der Waals surface area contributed by atoms with Crippen molar-refractivity contribution in [3.63, 3.8) is 0 Å². The van der Waals surface area contributed by atoms with E-state index in [2.05, 4.69) is 5.32 Å². The van der Waals surface area contributed by atoms with E-state index in [1.165, 1.54) is 0 Å². The summed E-state index contributed by atoms with van der Waals surface area (Å²) >= 11 is 0. The van der Waals surface area contributed by atoms with Crippen LogP contribution in [0.1, 0.15) is 33.6 Å². The molecule has 0 aliphatic heterocycles. The van der Waals surface area contributed by atoms with Crippen LogP contribution in [-0.4, -0.2) is 39.9 Å². The van der Waals surface area contributed by atoms with Crippen LogP contribution in [0.5, 0.6) is 0 Å². The number of carboxylic acid groups (broad SMARTS) is 2. The van der Waals surface area contributed by atoms with E-state index in [1.807, 2.05) is 0 Å². The van der Waals surface area contributed by atoms with E-state index in [-0.39, 0.29) is 12.8 Å². The minimum absolute atomic E-state index is 0.231. The highest BCUT2D eigenvalue weighted by Gasteiger charge is 2.60. The molecular formula is C11H17NO6. The van der Waals surface area contributed by atoms with Gasteiger partial charge in [0.15, 0.2) is 0 Å². The zero-order chi connectivity index (χ0) is 14.1. The number of nitrogens with one attached hydrogen (secondary N) is 1. The Balaban J connectivity index is 2.75. The monoisotopic (exact) mass is 259 g/mol. The Morgan fingerprint density at radius 3 is 2.00 bits per heavy atom. The molecule has 0 saturated heterocycles. The molecule has 1 rings (SSSR count). The van der Waals surface area contributed by atoms with Crippen LogP contribution in [0.3, 0.4) is 0 Å². The summed E-state index contributed by atoms with van der Waals surface area (Å²) in [6.07, 6.45) is -0.466. The van der Waals surface area contributed by atoms with Crippen LogP contribution in [-0.2, 0) is 14.3 Å². The van der Waals surface area contributed by atoms with Crippen molar-refractivity contribution in [2.24, 2.45) is 5.41 Å². The standard InChI is InChI=1S/C11H17NO6/c1-10(2,3)18-9(17)12-6(7(13)14)11(4-5-11)8(15)16/h6H,4-5H2,1-3H3,(H,12,17)(H,13,14)(H,15,16)/t6-/m0/s1. The molecule has 0 unspecified atom stereocenters. The second kappa shape index (κ2) is 4.47. The van der Waals surface area contributed by atoms with Crippen molar-refractivity contribution >= 4 is 18.0 Å². The Morgan fingerprint density at radius 1 is 1.22 bits per heavy atom. The fourth-order valence-electron chi connectivity index (χ4n) is 1.62. The maximum Gasteiger partial charge on any atom is 0.408 e. The van der Waals surface area contributed by atoms with E-state index in [4.69, 9.17) is 14.9 Å². The molecule has 1 saturated carbocycles. The molecule has 102 valence electrons. The van der Waals surface area contributed by atoms with Crippen LogP contribution >= 0.6 is 0 Å². The summed E-state index contributed by atoms with van der Waals surface area (Å²) in [5.74, 6) is -2.59. The summed E-state index contributed by atoms with van der Waals surface area (Å²) in [4.78, 5) is 33.6. The van der Waals surface area contributed by atoms with Gasteiger partial charge in [0.05, 0.1) is 5.41 Å². The van der Waals surface area contributed by atoms with Gasteiger partial charge >= 0.3 is 18.0 Å². The van der Waals surface area contributed by atoms with Crippen molar-refractivity contribution in [3.8, 4) is 0 Å². The number of carboxylic acids is 2. The maximum atomic E-state index is 11.5. The molecule has 3 N–H and O–H groups in total. The molecule has 0 aromatic carbocycles. The van der Waals surface area contributed by atoms with Crippen LogP contribution in [0, 0.1) is 5.41 Å². The number of rotatable bonds is 4. The molecule has 1 fully saturated rings. The first-order chi connectivity index (χ1) is 8.08. The molecule has 1 atom stereocenters. The Morgan fingerprint density at radius 2 is 1.72 bits per heavy atom. The number of alkyl carbamates (subject to hydrolysis) is 1.